The van der Waals surface area contributed by atoms with E-state index in [1.54, 1.807) is 18.2 Å². The molecule has 1 fully saturated rings. The number of hydrogen-bond donors (Lipinski definition) is 2. The molecule has 1 aliphatic rings. The molecule has 3 N–H and O–H groups in total. The minimum Gasteiger partial charge on any atom is -0.397 e. The van der Waals surface area contributed by atoms with Gasteiger partial charge < -0.3 is 5.73 Å². The molecule has 15 heavy (non-hydrogen) atoms. The largest absolute Gasteiger partial charge is 0.397 e. The van der Waals surface area contributed by atoms with Crippen molar-refractivity contribution in [2.24, 2.45) is 0 Å². The van der Waals surface area contributed by atoms with Crippen molar-refractivity contribution in [2.45, 2.75) is 18.1 Å². The van der Waals surface area contributed by atoms with Crippen LogP contribution in [0.2, 0.25) is 5.02 Å². The van der Waals surface area contributed by atoms with Gasteiger partial charge in [0.2, 0.25) is 10.0 Å². The SMILES string of the molecule is Nc1cccc(Cl)c1NS(=O)(=O)C1CC1. The maximum Gasteiger partial charge on any atom is 0.235 e. The van der Waals surface area contributed by atoms with Gasteiger partial charge in [0, 0.05) is 0 Å². The van der Waals surface area contributed by atoms with Crippen LogP contribution in [0.4, 0.5) is 11.4 Å². The Morgan fingerprint density at radius 1 is 1.40 bits per heavy atom. The Morgan fingerprint density at radius 2 is 2.07 bits per heavy atom. The van der Waals surface area contributed by atoms with Gasteiger partial charge in [0.25, 0.3) is 0 Å². The fraction of sp³-hybridized carbons (Fsp3) is 0.333. The van der Waals surface area contributed by atoms with Crippen LogP contribution >= 0.6 is 11.6 Å². The van der Waals surface area contributed by atoms with Crippen LogP contribution in [0, 0.1) is 0 Å². The number of para-hydroxylation sites is 1. The molecule has 1 saturated carbocycles. The van der Waals surface area contributed by atoms with Crippen molar-refractivity contribution in [3.63, 3.8) is 0 Å². The number of sulfonamides is 1. The monoisotopic (exact) mass is 246 g/mol. The second-order valence-electron chi connectivity index (χ2n) is 3.55. The third-order valence-corrected chi connectivity index (χ3v) is 4.41. The molecule has 1 aromatic carbocycles. The highest BCUT2D eigenvalue weighted by Gasteiger charge is 2.36. The van der Waals surface area contributed by atoms with Gasteiger partial charge in [-0.05, 0) is 25.0 Å². The number of nitrogen functional groups attached to an aromatic ring is 1. The maximum atomic E-state index is 11.6. The van der Waals surface area contributed by atoms with E-state index in [1.165, 1.54) is 0 Å². The number of benzene rings is 1. The van der Waals surface area contributed by atoms with Crippen molar-refractivity contribution in [2.75, 3.05) is 10.5 Å². The first kappa shape index (κ1) is 10.6. The molecule has 0 radical (unpaired) electrons. The molecule has 82 valence electrons. The summed E-state index contributed by atoms with van der Waals surface area (Å²) in [7, 11) is -3.30. The van der Waals surface area contributed by atoms with E-state index >= 15 is 0 Å². The predicted molar refractivity (Wildman–Crippen MR) is 61.4 cm³/mol. The Bertz CT molecular complexity index is 463. The third-order valence-electron chi connectivity index (χ3n) is 2.25. The van der Waals surface area contributed by atoms with Crippen molar-refractivity contribution in [3.8, 4) is 0 Å². The standard InChI is InChI=1S/C9H11ClN2O2S/c10-7-2-1-3-8(11)9(7)12-15(13,14)6-4-5-6/h1-3,6,12H,4-5,11H2. The lowest BCUT2D eigenvalue weighted by Gasteiger charge is -2.10. The molecule has 0 atom stereocenters. The summed E-state index contributed by atoms with van der Waals surface area (Å²) in [5.41, 5.74) is 6.26. The zero-order valence-electron chi connectivity index (χ0n) is 7.90. The van der Waals surface area contributed by atoms with Crippen molar-refractivity contribution in [1.29, 1.82) is 0 Å². The minimum atomic E-state index is -3.30. The van der Waals surface area contributed by atoms with Crippen LogP contribution in [0.5, 0.6) is 0 Å². The summed E-state index contributed by atoms with van der Waals surface area (Å²) in [6.07, 6.45) is 1.42. The molecular weight excluding hydrogens is 236 g/mol. The molecule has 0 bridgehead atoms. The molecule has 0 aliphatic heterocycles. The minimum absolute atomic E-state index is 0.283. The molecule has 0 unspecified atom stereocenters. The van der Waals surface area contributed by atoms with Crippen LogP contribution in [-0.2, 0) is 10.0 Å². The number of halogens is 1. The first-order chi connectivity index (χ1) is 7.00. The lowest BCUT2D eigenvalue weighted by Crippen LogP contribution is -2.18. The summed E-state index contributed by atoms with van der Waals surface area (Å²) in [6, 6.07) is 4.88. The highest BCUT2D eigenvalue weighted by Crippen LogP contribution is 2.34. The van der Waals surface area contributed by atoms with Crippen molar-refractivity contribution in [3.05, 3.63) is 23.2 Å². The predicted octanol–water partition coefficient (Wildman–Crippen LogP) is 1.83. The van der Waals surface area contributed by atoms with Crippen molar-refractivity contribution < 1.29 is 8.42 Å². The first-order valence-electron chi connectivity index (χ1n) is 4.56. The van der Waals surface area contributed by atoms with E-state index in [2.05, 4.69) is 4.72 Å². The van der Waals surface area contributed by atoms with E-state index in [9.17, 15) is 8.42 Å². The second kappa shape index (κ2) is 3.57. The first-order valence-corrected chi connectivity index (χ1v) is 6.49. The normalized spacial score (nSPS) is 16.3. The lowest BCUT2D eigenvalue weighted by atomic mass is 10.3. The van der Waals surface area contributed by atoms with Gasteiger partial charge in [-0.2, -0.15) is 0 Å². The summed E-state index contributed by atoms with van der Waals surface area (Å²) in [5.74, 6) is 0. The van der Waals surface area contributed by atoms with Crippen LogP contribution in [0.3, 0.4) is 0 Å². The quantitative estimate of drug-likeness (QED) is 0.800. The van der Waals surface area contributed by atoms with E-state index in [4.69, 9.17) is 17.3 Å². The molecule has 2 rings (SSSR count). The summed E-state index contributed by atoms with van der Waals surface area (Å²) >= 11 is 5.85. The summed E-state index contributed by atoms with van der Waals surface area (Å²) in [5, 5.41) is 0.0346. The van der Waals surface area contributed by atoms with Crippen LogP contribution in [-0.4, -0.2) is 13.7 Å². The van der Waals surface area contributed by atoms with Gasteiger partial charge in [0.15, 0.2) is 0 Å². The summed E-state index contributed by atoms with van der Waals surface area (Å²) < 4.78 is 25.7. The molecule has 4 nitrogen and oxygen atoms in total. The molecule has 0 saturated heterocycles. The Labute approximate surface area is 93.5 Å². The third kappa shape index (κ3) is 2.18. The molecule has 1 aliphatic carbocycles. The molecule has 1 aromatic rings. The Kier molecular flexibility index (Phi) is 2.52. The van der Waals surface area contributed by atoms with E-state index < -0.39 is 10.0 Å². The Balaban J connectivity index is 2.31. The topological polar surface area (TPSA) is 72.2 Å². The van der Waals surface area contributed by atoms with Gasteiger partial charge in [-0.15, -0.1) is 0 Å². The number of hydrogen-bond acceptors (Lipinski definition) is 3. The summed E-state index contributed by atoms with van der Waals surface area (Å²) in [4.78, 5) is 0. The highest BCUT2D eigenvalue weighted by atomic mass is 35.5. The van der Waals surface area contributed by atoms with Crippen LogP contribution < -0.4 is 10.5 Å². The van der Waals surface area contributed by atoms with Gasteiger partial charge in [0.1, 0.15) is 0 Å². The molecule has 6 heteroatoms. The molecule has 0 spiro atoms. The van der Waals surface area contributed by atoms with Crippen LogP contribution in [0.25, 0.3) is 0 Å². The lowest BCUT2D eigenvalue weighted by molar-refractivity contribution is 0.600. The van der Waals surface area contributed by atoms with E-state index in [0.717, 1.165) is 0 Å². The fourth-order valence-electron chi connectivity index (χ4n) is 1.25. The number of anilines is 2. The van der Waals surface area contributed by atoms with Crippen LogP contribution in [0.15, 0.2) is 18.2 Å². The Hall–Kier alpha value is -0.940. The van der Waals surface area contributed by atoms with Crippen molar-refractivity contribution in [1.82, 2.24) is 0 Å². The van der Waals surface area contributed by atoms with E-state index in [1.807, 2.05) is 0 Å². The molecule has 0 heterocycles. The number of nitrogens with two attached hydrogens (primary N) is 1. The summed E-state index contributed by atoms with van der Waals surface area (Å²) in [6.45, 7) is 0. The van der Waals surface area contributed by atoms with Gasteiger partial charge in [0.05, 0.1) is 21.6 Å². The van der Waals surface area contributed by atoms with Crippen molar-refractivity contribution >= 4 is 33.0 Å². The van der Waals surface area contributed by atoms with Gasteiger partial charge in [-0.1, -0.05) is 17.7 Å². The van der Waals surface area contributed by atoms with Gasteiger partial charge in [-0.3, -0.25) is 4.72 Å². The van der Waals surface area contributed by atoms with Crippen LogP contribution in [0.1, 0.15) is 12.8 Å². The van der Waals surface area contributed by atoms with E-state index in [0.29, 0.717) is 23.6 Å². The van der Waals surface area contributed by atoms with E-state index in [-0.39, 0.29) is 10.9 Å². The number of rotatable bonds is 3. The molecule has 0 aromatic heterocycles. The highest BCUT2D eigenvalue weighted by molar-refractivity contribution is 7.93. The van der Waals surface area contributed by atoms with Gasteiger partial charge in [-0.25, -0.2) is 8.42 Å². The average Bonchev–Trinajstić information content (AvgIpc) is 2.94. The number of nitrogens with one attached hydrogen (secondary N) is 1. The average molecular weight is 247 g/mol. The zero-order chi connectivity index (χ0) is 11.1. The smallest absolute Gasteiger partial charge is 0.235 e. The Morgan fingerprint density at radius 3 is 2.60 bits per heavy atom. The fourth-order valence-corrected chi connectivity index (χ4v) is 2.97. The van der Waals surface area contributed by atoms with Gasteiger partial charge >= 0.3 is 0 Å². The molecular formula is C9H11ClN2O2S. The molecule has 0 amide bonds. The second-order valence-corrected chi connectivity index (χ2v) is 5.92. The zero-order valence-corrected chi connectivity index (χ0v) is 9.48. The maximum absolute atomic E-state index is 11.6.